The molecule has 1 aliphatic heterocycles. The van der Waals surface area contributed by atoms with Gasteiger partial charge >= 0.3 is 6.09 Å². The summed E-state index contributed by atoms with van der Waals surface area (Å²) in [4.78, 5) is 16.7. The van der Waals surface area contributed by atoms with Crippen molar-refractivity contribution in [1.82, 2.24) is 4.90 Å². The van der Waals surface area contributed by atoms with E-state index in [1.54, 1.807) is 4.90 Å². The molecule has 0 aromatic rings. The molecular weight excluding hydrogens is 230 g/mol. The maximum atomic E-state index is 11.8. The Balaban J connectivity index is 2.47. The summed E-state index contributed by atoms with van der Waals surface area (Å²) < 4.78 is 5.31. The minimum Gasteiger partial charge on any atom is -0.444 e. The van der Waals surface area contributed by atoms with Gasteiger partial charge in [0, 0.05) is 18.8 Å². The maximum absolute atomic E-state index is 11.8. The number of amides is 1. The zero-order chi connectivity index (χ0) is 13.8. The summed E-state index contributed by atoms with van der Waals surface area (Å²) in [6.45, 7) is 13.6. The molecule has 0 atom stereocenters. The van der Waals surface area contributed by atoms with Crippen LogP contribution in [0.5, 0.6) is 0 Å². The number of likely N-dealkylation sites (tertiary alicyclic amines) is 1. The van der Waals surface area contributed by atoms with Gasteiger partial charge in [-0.2, -0.15) is 0 Å². The Morgan fingerprint density at radius 2 is 2.00 bits per heavy atom. The summed E-state index contributed by atoms with van der Waals surface area (Å²) in [5.41, 5.74) is 5.95. The molecule has 2 N–H and O–H groups in total. The summed E-state index contributed by atoms with van der Waals surface area (Å²) in [6.07, 6.45) is 2.68. The molecule has 0 saturated carbocycles. The fourth-order valence-corrected chi connectivity index (χ4v) is 1.90. The van der Waals surface area contributed by atoms with Crippen molar-refractivity contribution in [2.75, 3.05) is 13.1 Å². The smallest absolute Gasteiger partial charge is 0.410 e. The molecule has 0 aliphatic carbocycles. The van der Waals surface area contributed by atoms with E-state index in [0.29, 0.717) is 18.8 Å². The van der Waals surface area contributed by atoms with E-state index in [1.807, 2.05) is 20.8 Å². The number of ether oxygens (including phenoxy) is 1. The summed E-state index contributed by atoms with van der Waals surface area (Å²) in [5, 5.41) is 0. The molecule has 1 aliphatic rings. The van der Waals surface area contributed by atoms with Crippen LogP contribution in [0.4, 0.5) is 4.79 Å². The Bertz CT molecular complexity index is 369. The topological polar surface area (TPSA) is 59.9 Å². The minimum absolute atomic E-state index is 0.206. The second-order valence-corrected chi connectivity index (χ2v) is 5.50. The molecule has 0 aromatic heterocycles. The average Bonchev–Trinajstić information content (AvgIpc) is 2.27. The third kappa shape index (κ3) is 4.28. The molecule has 5 nitrogen and oxygen atoms in total. The highest BCUT2D eigenvalue weighted by Crippen LogP contribution is 2.23. The highest BCUT2D eigenvalue weighted by atomic mass is 16.6. The Morgan fingerprint density at radius 3 is 2.44 bits per heavy atom. The first-order valence-corrected chi connectivity index (χ1v) is 6.13. The van der Waals surface area contributed by atoms with Crippen molar-refractivity contribution in [3.05, 3.63) is 23.3 Å². The molecule has 1 amide bonds. The molecule has 1 saturated heterocycles. The van der Waals surface area contributed by atoms with Gasteiger partial charge in [-0.05, 0) is 39.5 Å². The van der Waals surface area contributed by atoms with E-state index in [9.17, 15) is 4.79 Å². The maximum Gasteiger partial charge on any atom is 0.410 e. The number of hydrogen-bond donors (Lipinski definition) is 1. The van der Waals surface area contributed by atoms with Crippen LogP contribution < -0.4 is 5.73 Å². The molecule has 0 bridgehead atoms. The van der Waals surface area contributed by atoms with E-state index in [0.717, 1.165) is 12.8 Å². The van der Waals surface area contributed by atoms with Crippen molar-refractivity contribution in [2.24, 2.45) is 11.7 Å². The van der Waals surface area contributed by atoms with Gasteiger partial charge in [-0.15, -0.1) is 0 Å². The summed E-state index contributed by atoms with van der Waals surface area (Å²) in [7, 11) is 0. The summed E-state index contributed by atoms with van der Waals surface area (Å²) in [6, 6.07) is 0. The molecule has 0 spiro atoms. The molecule has 1 rings (SSSR count). The SMILES string of the molecule is [C-]#[N+]C=C(N)C1CCN(C(=O)OC(C)(C)C)CC1. The van der Waals surface area contributed by atoms with Crippen LogP contribution in [0.1, 0.15) is 33.6 Å². The number of hydrogen-bond acceptors (Lipinski definition) is 3. The van der Waals surface area contributed by atoms with Gasteiger partial charge in [-0.3, -0.25) is 0 Å². The van der Waals surface area contributed by atoms with Crippen LogP contribution in [0.2, 0.25) is 0 Å². The van der Waals surface area contributed by atoms with Crippen molar-refractivity contribution in [3.63, 3.8) is 0 Å². The monoisotopic (exact) mass is 251 g/mol. The molecule has 0 radical (unpaired) electrons. The van der Waals surface area contributed by atoms with Crippen molar-refractivity contribution in [2.45, 2.75) is 39.2 Å². The molecular formula is C13H21N3O2. The third-order valence-corrected chi connectivity index (χ3v) is 2.83. The highest BCUT2D eigenvalue weighted by Gasteiger charge is 2.27. The lowest BCUT2D eigenvalue weighted by Crippen LogP contribution is -2.42. The lowest BCUT2D eigenvalue weighted by molar-refractivity contribution is 0.0194. The van der Waals surface area contributed by atoms with Crippen LogP contribution >= 0.6 is 0 Å². The third-order valence-electron chi connectivity index (χ3n) is 2.83. The average molecular weight is 251 g/mol. The second kappa shape index (κ2) is 5.76. The predicted molar refractivity (Wildman–Crippen MR) is 69.4 cm³/mol. The predicted octanol–water partition coefficient (Wildman–Crippen LogP) is 2.35. The van der Waals surface area contributed by atoms with Gasteiger partial charge in [0.25, 0.3) is 0 Å². The van der Waals surface area contributed by atoms with Crippen LogP contribution in [0.15, 0.2) is 11.9 Å². The minimum atomic E-state index is -0.461. The van der Waals surface area contributed by atoms with Crippen molar-refractivity contribution >= 4 is 6.09 Å². The largest absolute Gasteiger partial charge is 0.444 e. The zero-order valence-electron chi connectivity index (χ0n) is 11.3. The van der Waals surface area contributed by atoms with E-state index < -0.39 is 5.60 Å². The summed E-state index contributed by atoms with van der Waals surface area (Å²) in [5.74, 6) is 0.206. The van der Waals surface area contributed by atoms with Crippen LogP contribution in [0.25, 0.3) is 4.85 Å². The number of nitrogens with zero attached hydrogens (tertiary/aromatic N) is 2. The first kappa shape index (κ1) is 14.4. The molecule has 1 fully saturated rings. The van der Waals surface area contributed by atoms with Crippen LogP contribution in [0.3, 0.4) is 0 Å². The Hall–Kier alpha value is -1.70. The van der Waals surface area contributed by atoms with Crippen LogP contribution in [-0.2, 0) is 4.74 Å². The second-order valence-electron chi connectivity index (χ2n) is 5.50. The van der Waals surface area contributed by atoms with Crippen LogP contribution in [-0.4, -0.2) is 29.7 Å². The standard InChI is InChI=1S/C13H21N3O2/c1-13(2,3)18-12(17)16-7-5-10(6-8-16)11(14)9-15-4/h9-10H,5-8,14H2,1-3H3. The van der Waals surface area contributed by atoms with Gasteiger partial charge in [0.15, 0.2) is 6.20 Å². The lowest BCUT2D eigenvalue weighted by atomic mass is 9.94. The molecule has 100 valence electrons. The van der Waals surface area contributed by atoms with Gasteiger partial charge in [0.2, 0.25) is 0 Å². The van der Waals surface area contributed by atoms with Crippen molar-refractivity contribution in [1.29, 1.82) is 0 Å². The summed E-state index contributed by atoms with van der Waals surface area (Å²) >= 11 is 0. The molecule has 0 aromatic carbocycles. The van der Waals surface area contributed by atoms with Gasteiger partial charge in [0.1, 0.15) is 5.60 Å². The number of carbonyl (C=O) groups is 1. The van der Waals surface area contributed by atoms with E-state index in [-0.39, 0.29) is 12.0 Å². The number of nitrogens with two attached hydrogens (primary N) is 1. The number of rotatable bonds is 1. The number of carbonyl (C=O) groups excluding carboxylic acids is 1. The van der Waals surface area contributed by atoms with Crippen LogP contribution in [0, 0.1) is 12.5 Å². The van der Waals surface area contributed by atoms with Gasteiger partial charge < -0.3 is 15.4 Å². The molecule has 5 heteroatoms. The Morgan fingerprint density at radius 1 is 1.44 bits per heavy atom. The Labute approximate surface area is 108 Å². The van der Waals surface area contributed by atoms with E-state index >= 15 is 0 Å². The number of allylic oxidation sites excluding steroid dienone is 1. The zero-order valence-corrected chi connectivity index (χ0v) is 11.3. The van der Waals surface area contributed by atoms with E-state index in [1.165, 1.54) is 6.20 Å². The fourth-order valence-electron chi connectivity index (χ4n) is 1.90. The molecule has 1 heterocycles. The van der Waals surface area contributed by atoms with Crippen molar-refractivity contribution in [3.8, 4) is 0 Å². The van der Waals surface area contributed by atoms with E-state index in [2.05, 4.69) is 4.85 Å². The highest BCUT2D eigenvalue weighted by molar-refractivity contribution is 5.68. The van der Waals surface area contributed by atoms with Gasteiger partial charge in [-0.1, -0.05) is 0 Å². The molecule has 18 heavy (non-hydrogen) atoms. The fraction of sp³-hybridized carbons (Fsp3) is 0.692. The van der Waals surface area contributed by atoms with Gasteiger partial charge in [-0.25, -0.2) is 9.64 Å². The normalized spacial score (nSPS) is 18.3. The van der Waals surface area contributed by atoms with E-state index in [4.69, 9.17) is 17.0 Å². The lowest BCUT2D eigenvalue weighted by Gasteiger charge is -2.33. The number of piperidine rings is 1. The first-order chi connectivity index (χ1) is 8.33. The first-order valence-electron chi connectivity index (χ1n) is 6.13. The quantitative estimate of drug-likeness (QED) is 0.728. The Kier molecular flexibility index (Phi) is 4.60. The van der Waals surface area contributed by atoms with Gasteiger partial charge in [0.05, 0.1) is 6.57 Å². The van der Waals surface area contributed by atoms with Crippen molar-refractivity contribution < 1.29 is 9.53 Å². The molecule has 0 unspecified atom stereocenters.